The Bertz CT molecular complexity index is 470. The molecule has 1 heterocycles. The average Bonchev–Trinajstić information content (AvgIpc) is 2.45. The fourth-order valence-corrected chi connectivity index (χ4v) is 2.14. The second-order valence-electron chi connectivity index (χ2n) is 4.63. The lowest BCUT2D eigenvalue weighted by molar-refractivity contribution is -0.130. The molecule has 0 aliphatic carbocycles. The van der Waals surface area contributed by atoms with Gasteiger partial charge in [0.1, 0.15) is 5.82 Å². The molecule has 1 aliphatic rings. The van der Waals surface area contributed by atoms with Gasteiger partial charge in [-0.3, -0.25) is 9.59 Å². The van der Waals surface area contributed by atoms with Crippen molar-refractivity contribution in [2.75, 3.05) is 19.6 Å². The van der Waals surface area contributed by atoms with Gasteiger partial charge < -0.3 is 10.2 Å². The molecule has 0 spiro atoms. The number of piperidine rings is 1. The van der Waals surface area contributed by atoms with Gasteiger partial charge >= 0.3 is 0 Å². The molecule has 1 aromatic carbocycles. The van der Waals surface area contributed by atoms with E-state index in [9.17, 15) is 14.0 Å². The third-order valence-corrected chi connectivity index (χ3v) is 3.20. The predicted octanol–water partition coefficient (Wildman–Crippen LogP) is 1.57. The second kappa shape index (κ2) is 6.31. The molecule has 2 rings (SSSR count). The van der Waals surface area contributed by atoms with Crippen molar-refractivity contribution in [2.24, 2.45) is 0 Å². The molecule has 2 amide bonds. The topological polar surface area (TPSA) is 49.4 Å². The minimum absolute atomic E-state index is 0.0324. The Kier molecular flexibility index (Phi) is 4.49. The van der Waals surface area contributed by atoms with E-state index in [1.807, 2.05) is 0 Å². The highest BCUT2D eigenvalue weighted by atomic mass is 19.1. The predicted molar refractivity (Wildman–Crippen MR) is 69.2 cm³/mol. The first-order chi connectivity index (χ1) is 9.16. The summed E-state index contributed by atoms with van der Waals surface area (Å²) in [6.07, 6.45) is 3.19. The molecule has 19 heavy (non-hydrogen) atoms. The van der Waals surface area contributed by atoms with E-state index in [1.54, 1.807) is 4.90 Å². The van der Waals surface area contributed by atoms with Crippen LogP contribution in [0.25, 0.3) is 0 Å². The number of benzene rings is 1. The number of nitrogens with one attached hydrogen (secondary N) is 1. The molecule has 1 fully saturated rings. The number of hydrogen-bond acceptors (Lipinski definition) is 2. The van der Waals surface area contributed by atoms with Crippen molar-refractivity contribution < 1.29 is 14.0 Å². The zero-order valence-corrected chi connectivity index (χ0v) is 10.7. The second-order valence-corrected chi connectivity index (χ2v) is 4.63. The molecule has 1 saturated heterocycles. The lowest BCUT2D eigenvalue weighted by Crippen LogP contribution is -2.42. The van der Waals surface area contributed by atoms with E-state index in [4.69, 9.17) is 0 Å². The summed E-state index contributed by atoms with van der Waals surface area (Å²) in [6.45, 7) is 1.48. The molecule has 4 nitrogen and oxygen atoms in total. The third kappa shape index (κ3) is 3.77. The van der Waals surface area contributed by atoms with E-state index in [-0.39, 0.29) is 18.0 Å². The van der Waals surface area contributed by atoms with E-state index in [1.165, 1.54) is 18.2 Å². The van der Waals surface area contributed by atoms with Crippen molar-refractivity contribution >= 4 is 11.8 Å². The smallest absolute Gasteiger partial charge is 0.251 e. The standard InChI is InChI=1S/C14H17FN2O2/c15-12-6-4-5-11(9-12)14(19)16-10-13(18)17-7-2-1-3-8-17/h4-6,9H,1-3,7-8,10H2,(H,16,19). The van der Waals surface area contributed by atoms with Gasteiger partial charge in [0.15, 0.2) is 0 Å². The molecule has 1 aliphatic heterocycles. The number of nitrogens with zero attached hydrogens (tertiary/aromatic N) is 1. The van der Waals surface area contributed by atoms with Crippen LogP contribution in [0.1, 0.15) is 29.6 Å². The molecule has 0 radical (unpaired) electrons. The molecule has 1 aromatic rings. The van der Waals surface area contributed by atoms with Gasteiger partial charge in [0.2, 0.25) is 5.91 Å². The maximum atomic E-state index is 13.0. The monoisotopic (exact) mass is 264 g/mol. The van der Waals surface area contributed by atoms with E-state index in [0.29, 0.717) is 0 Å². The van der Waals surface area contributed by atoms with Crippen molar-refractivity contribution in [3.05, 3.63) is 35.6 Å². The number of hydrogen-bond donors (Lipinski definition) is 1. The van der Waals surface area contributed by atoms with Gasteiger partial charge in [-0.05, 0) is 37.5 Å². The van der Waals surface area contributed by atoms with E-state index >= 15 is 0 Å². The van der Waals surface area contributed by atoms with Crippen LogP contribution in [0, 0.1) is 5.82 Å². The number of carbonyl (C=O) groups is 2. The van der Waals surface area contributed by atoms with Crippen LogP contribution in [0.5, 0.6) is 0 Å². The SMILES string of the molecule is O=C(NCC(=O)N1CCCCC1)c1cccc(F)c1. The first-order valence-corrected chi connectivity index (χ1v) is 6.48. The van der Waals surface area contributed by atoms with Crippen molar-refractivity contribution in [3.8, 4) is 0 Å². The van der Waals surface area contributed by atoms with Gasteiger partial charge in [-0.2, -0.15) is 0 Å². The van der Waals surface area contributed by atoms with Crippen LogP contribution in [0.2, 0.25) is 0 Å². The summed E-state index contributed by atoms with van der Waals surface area (Å²) in [5.41, 5.74) is 0.228. The quantitative estimate of drug-likeness (QED) is 0.901. The maximum Gasteiger partial charge on any atom is 0.251 e. The Morgan fingerprint density at radius 3 is 2.63 bits per heavy atom. The summed E-state index contributed by atoms with van der Waals surface area (Å²) in [4.78, 5) is 25.3. The average molecular weight is 264 g/mol. The Balaban J connectivity index is 1.84. The van der Waals surface area contributed by atoms with Crippen LogP contribution in [0.3, 0.4) is 0 Å². The molecule has 0 bridgehead atoms. The molecule has 1 N–H and O–H groups in total. The summed E-state index contributed by atoms with van der Waals surface area (Å²) >= 11 is 0. The molecular weight excluding hydrogens is 247 g/mol. The van der Waals surface area contributed by atoms with Crippen molar-refractivity contribution in [3.63, 3.8) is 0 Å². The van der Waals surface area contributed by atoms with E-state index in [2.05, 4.69) is 5.32 Å². The van der Waals surface area contributed by atoms with Gasteiger partial charge in [-0.1, -0.05) is 6.07 Å². The summed E-state index contributed by atoms with van der Waals surface area (Å²) < 4.78 is 13.0. The van der Waals surface area contributed by atoms with Crippen LogP contribution in [-0.2, 0) is 4.79 Å². The van der Waals surface area contributed by atoms with Crippen molar-refractivity contribution in [1.29, 1.82) is 0 Å². The van der Waals surface area contributed by atoms with Gasteiger partial charge in [0, 0.05) is 18.7 Å². The van der Waals surface area contributed by atoms with Crippen LogP contribution >= 0.6 is 0 Å². The molecular formula is C14H17FN2O2. The first kappa shape index (κ1) is 13.5. The minimum atomic E-state index is -0.463. The Morgan fingerprint density at radius 1 is 1.21 bits per heavy atom. The van der Waals surface area contributed by atoms with Crippen molar-refractivity contribution in [1.82, 2.24) is 10.2 Å². The highest BCUT2D eigenvalue weighted by molar-refractivity contribution is 5.96. The Hall–Kier alpha value is -1.91. The normalized spacial score (nSPS) is 15.1. The summed E-state index contributed by atoms with van der Waals surface area (Å²) in [6, 6.07) is 5.41. The first-order valence-electron chi connectivity index (χ1n) is 6.48. The largest absolute Gasteiger partial charge is 0.343 e. The molecule has 5 heteroatoms. The van der Waals surface area contributed by atoms with Gasteiger partial charge in [-0.25, -0.2) is 4.39 Å². The summed E-state index contributed by atoms with van der Waals surface area (Å²) in [7, 11) is 0. The molecule has 0 atom stereocenters. The number of carbonyl (C=O) groups excluding carboxylic acids is 2. The zero-order valence-electron chi connectivity index (χ0n) is 10.7. The Labute approximate surface area is 111 Å². The van der Waals surface area contributed by atoms with Crippen LogP contribution < -0.4 is 5.32 Å². The van der Waals surface area contributed by atoms with Gasteiger partial charge in [0.25, 0.3) is 5.91 Å². The van der Waals surface area contributed by atoms with Crippen molar-refractivity contribution in [2.45, 2.75) is 19.3 Å². The summed E-state index contributed by atoms with van der Waals surface area (Å²) in [5, 5.41) is 2.53. The maximum absolute atomic E-state index is 13.0. The van der Waals surface area contributed by atoms with E-state index < -0.39 is 11.7 Å². The number of halogens is 1. The Morgan fingerprint density at radius 2 is 1.95 bits per heavy atom. The fraction of sp³-hybridized carbons (Fsp3) is 0.429. The van der Waals surface area contributed by atoms with Crippen LogP contribution in [-0.4, -0.2) is 36.3 Å². The van der Waals surface area contributed by atoms with Crippen LogP contribution in [0.4, 0.5) is 4.39 Å². The number of rotatable bonds is 3. The zero-order chi connectivity index (χ0) is 13.7. The molecule has 102 valence electrons. The minimum Gasteiger partial charge on any atom is -0.343 e. The molecule has 0 aromatic heterocycles. The highest BCUT2D eigenvalue weighted by Crippen LogP contribution is 2.08. The molecule has 0 unspecified atom stereocenters. The lowest BCUT2D eigenvalue weighted by Gasteiger charge is -2.26. The van der Waals surface area contributed by atoms with Gasteiger partial charge in [-0.15, -0.1) is 0 Å². The lowest BCUT2D eigenvalue weighted by atomic mass is 10.1. The van der Waals surface area contributed by atoms with Gasteiger partial charge in [0.05, 0.1) is 6.54 Å². The number of amides is 2. The third-order valence-electron chi connectivity index (χ3n) is 3.20. The number of likely N-dealkylation sites (tertiary alicyclic amines) is 1. The summed E-state index contributed by atoms with van der Waals surface area (Å²) in [5.74, 6) is -0.968. The van der Waals surface area contributed by atoms with Crippen LogP contribution in [0.15, 0.2) is 24.3 Å². The van der Waals surface area contributed by atoms with E-state index in [0.717, 1.165) is 38.4 Å². The highest BCUT2D eigenvalue weighted by Gasteiger charge is 2.17. The fourth-order valence-electron chi connectivity index (χ4n) is 2.14. The molecule has 0 saturated carbocycles.